The molecule has 0 aromatic carbocycles. The summed E-state index contributed by atoms with van der Waals surface area (Å²) in [5.74, 6) is 0. The molecular formula is C5H8F3N3. The number of rotatable bonds is 1. The highest BCUT2D eigenvalue weighted by atomic mass is 19.4. The first-order chi connectivity index (χ1) is 4.93. The molecule has 0 rings (SSSR count). The van der Waals surface area contributed by atoms with Gasteiger partial charge in [-0.3, -0.25) is 4.99 Å². The van der Waals surface area contributed by atoms with Crippen LogP contribution in [0.4, 0.5) is 13.2 Å². The topological polar surface area (TPSA) is 64.4 Å². The van der Waals surface area contributed by atoms with Crippen LogP contribution in [0.3, 0.4) is 0 Å². The van der Waals surface area contributed by atoms with E-state index in [-0.39, 0.29) is 0 Å². The minimum Gasteiger partial charge on any atom is -0.403 e. The van der Waals surface area contributed by atoms with Gasteiger partial charge >= 0.3 is 6.18 Å². The molecule has 0 radical (unpaired) electrons. The monoisotopic (exact) mass is 167 g/mol. The van der Waals surface area contributed by atoms with Crippen LogP contribution in [0.15, 0.2) is 16.9 Å². The van der Waals surface area contributed by atoms with Crippen molar-refractivity contribution in [2.75, 3.05) is 7.05 Å². The zero-order valence-electron chi connectivity index (χ0n) is 5.81. The molecule has 11 heavy (non-hydrogen) atoms. The lowest BCUT2D eigenvalue weighted by atomic mass is 10.3. The minimum absolute atomic E-state index is 0.569. The van der Waals surface area contributed by atoms with E-state index in [2.05, 4.69) is 4.99 Å². The molecule has 0 atom stereocenters. The Morgan fingerprint density at radius 1 is 1.45 bits per heavy atom. The third-order valence-electron chi connectivity index (χ3n) is 0.945. The van der Waals surface area contributed by atoms with E-state index in [4.69, 9.17) is 11.5 Å². The van der Waals surface area contributed by atoms with Crippen molar-refractivity contribution in [1.29, 1.82) is 0 Å². The van der Waals surface area contributed by atoms with Crippen LogP contribution in [0.25, 0.3) is 0 Å². The summed E-state index contributed by atoms with van der Waals surface area (Å²) in [5.41, 5.74) is 7.95. The van der Waals surface area contributed by atoms with Crippen LogP contribution in [0.5, 0.6) is 0 Å². The van der Waals surface area contributed by atoms with E-state index in [9.17, 15) is 13.2 Å². The number of halogens is 3. The van der Waals surface area contributed by atoms with Gasteiger partial charge < -0.3 is 11.5 Å². The second-order valence-electron chi connectivity index (χ2n) is 1.69. The van der Waals surface area contributed by atoms with Crippen molar-refractivity contribution in [3.05, 3.63) is 11.9 Å². The van der Waals surface area contributed by atoms with Crippen molar-refractivity contribution in [3.63, 3.8) is 0 Å². The second kappa shape index (κ2) is 3.27. The Labute approximate surface area is 61.6 Å². The van der Waals surface area contributed by atoms with Gasteiger partial charge in [0.15, 0.2) is 5.71 Å². The molecule has 0 aromatic heterocycles. The maximum atomic E-state index is 11.9. The highest BCUT2D eigenvalue weighted by Crippen LogP contribution is 2.19. The minimum atomic E-state index is -4.53. The summed E-state index contributed by atoms with van der Waals surface area (Å²) in [6, 6.07) is 0. The molecule has 4 N–H and O–H groups in total. The fraction of sp³-hybridized carbons (Fsp3) is 0.400. The molecule has 0 heterocycles. The first-order valence-electron chi connectivity index (χ1n) is 2.65. The molecule has 0 saturated heterocycles. The van der Waals surface area contributed by atoms with Crippen molar-refractivity contribution >= 4 is 5.71 Å². The molecule has 3 nitrogen and oxygen atoms in total. The number of alkyl halides is 3. The number of nitrogens with two attached hydrogens (primary N) is 2. The highest BCUT2D eigenvalue weighted by Gasteiger charge is 2.36. The smallest absolute Gasteiger partial charge is 0.403 e. The lowest BCUT2D eigenvalue weighted by Gasteiger charge is -2.08. The molecular weight excluding hydrogens is 159 g/mol. The quantitative estimate of drug-likeness (QED) is 0.554. The molecule has 0 bridgehead atoms. The van der Waals surface area contributed by atoms with Crippen LogP contribution < -0.4 is 11.5 Å². The van der Waals surface area contributed by atoms with Crippen molar-refractivity contribution in [2.24, 2.45) is 16.5 Å². The van der Waals surface area contributed by atoms with Gasteiger partial charge in [-0.1, -0.05) is 0 Å². The molecule has 6 heteroatoms. The predicted molar refractivity (Wildman–Crippen MR) is 35.9 cm³/mol. The van der Waals surface area contributed by atoms with E-state index < -0.39 is 17.6 Å². The van der Waals surface area contributed by atoms with E-state index in [0.29, 0.717) is 6.20 Å². The molecule has 0 saturated carbocycles. The fourth-order valence-corrected chi connectivity index (χ4v) is 0.498. The van der Waals surface area contributed by atoms with E-state index in [0.717, 1.165) is 7.05 Å². The average molecular weight is 167 g/mol. The van der Waals surface area contributed by atoms with E-state index >= 15 is 0 Å². The molecule has 0 amide bonds. The second-order valence-corrected chi connectivity index (χ2v) is 1.69. The fourth-order valence-electron chi connectivity index (χ4n) is 0.498. The number of hydrogen-bond acceptors (Lipinski definition) is 3. The Bertz CT molecular complexity index is 192. The lowest BCUT2D eigenvalue weighted by Crippen LogP contribution is -2.29. The van der Waals surface area contributed by atoms with Crippen molar-refractivity contribution in [3.8, 4) is 0 Å². The first kappa shape index (κ1) is 9.80. The third kappa shape index (κ3) is 2.48. The van der Waals surface area contributed by atoms with Crippen molar-refractivity contribution < 1.29 is 13.2 Å². The van der Waals surface area contributed by atoms with E-state index in [1.54, 1.807) is 0 Å². The summed E-state index contributed by atoms with van der Waals surface area (Å²) in [6.07, 6.45) is -3.87. The highest BCUT2D eigenvalue weighted by molar-refractivity contribution is 6.03. The largest absolute Gasteiger partial charge is 0.435 e. The van der Waals surface area contributed by atoms with Gasteiger partial charge in [-0.25, -0.2) is 0 Å². The Morgan fingerprint density at radius 3 is 2.00 bits per heavy atom. The zero-order chi connectivity index (χ0) is 9.07. The van der Waals surface area contributed by atoms with Gasteiger partial charge in [0.05, 0.1) is 5.70 Å². The third-order valence-corrected chi connectivity index (χ3v) is 0.945. The Kier molecular flexibility index (Phi) is 2.91. The maximum absolute atomic E-state index is 11.9. The van der Waals surface area contributed by atoms with Gasteiger partial charge in [0.25, 0.3) is 0 Å². The van der Waals surface area contributed by atoms with Gasteiger partial charge in [-0.05, 0) is 0 Å². The average Bonchev–Trinajstić information content (AvgIpc) is 1.86. The van der Waals surface area contributed by atoms with E-state index in [1.165, 1.54) is 0 Å². The first-order valence-corrected chi connectivity index (χ1v) is 2.65. The molecule has 0 aliphatic heterocycles. The molecule has 0 aliphatic carbocycles. The summed E-state index contributed by atoms with van der Waals surface area (Å²) in [7, 11) is 0.999. The molecule has 0 spiro atoms. The van der Waals surface area contributed by atoms with Crippen LogP contribution in [0.1, 0.15) is 0 Å². The predicted octanol–water partition coefficient (Wildman–Crippen LogP) is 0.378. The summed E-state index contributed by atoms with van der Waals surface area (Å²) in [4.78, 5) is 2.95. The number of allylic oxidation sites excluding steroid dienone is 1. The van der Waals surface area contributed by atoms with Crippen LogP contribution in [-0.4, -0.2) is 18.9 Å². The summed E-state index contributed by atoms with van der Waals surface area (Å²) < 4.78 is 35.6. The lowest BCUT2D eigenvalue weighted by molar-refractivity contribution is -0.0583. The molecule has 0 unspecified atom stereocenters. The molecule has 0 aromatic rings. The summed E-state index contributed by atoms with van der Waals surface area (Å²) in [5, 5.41) is 0. The van der Waals surface area contributed by atoms with Crippen LogP contribution >= 0.6 is 0 Å². The number of aliphatic imine (C=N–C) groups is 1. The van der Waals surface area contributed by atoms with Crippen molar-refractivity contribution in [1.82, 2.24) is 0 Å². The Balaban J connectivity index is 4.73. The van der Waals surface area contributed by atoms with E-state index in [1.807, 2.05) is 0 Å². The molecule has 0 aliphatic rings. The van der Waals surface area contributed by atoms with Crippen LogP contribution in [-0.2, 0) is 0 Å². The Morgan fingerprint density at radius 2 is 1.91 bits per heavy atom. The van der Waals surface area contributed by atoms with Crippen LogP contribution in [0, 0.1) is 0 Å². The van der Waals surface area contributed by atoms with Crippen LogP contribution in [0.2, 0.25) is 0 Å². The summed E-state index contributed by atoms with van der Waals surface area (Å²) in [6.45, 7) is 0. The van der Waals surface area contributed by atoms with Gasteiger partial charge in [0.1, 0.15) is 0 Å². The zero-order valence-corrected chi connectivity index (χ0v) is 5.81. The van der Waals surface area contributed by atoms with Gasteiger partial charge in [0.2, 0.25) is 0 Å². The Hall–Kier alpha value is -1.20. The maximum Gasteiger partial charge on any atom is 0.435 e. The molecule has 0 fully saturated rings. The molecule has 64 valence electrons. The SMILES string of the molecule is CN=C(C(N)=CN)C(F)(F)F. The van der Waals surface area contributed by atoms with Gasteiger partial charge in [0, 0.05) is 13.2 Å². The standard InChI is InChI=1S/C5H8F3N3/c1-11-4(3(10)2-9)5(6,7)8/h2H,9-10H2,1H3. The normalized spacial score (nSPS) is 15.3. The number of nitrogens with zero attached hydrogens (tertiary/aromatic N) is 1. The van der Waals surface area contributed by atoms with Gasteiger partial charge in [-0.15, -0.1) is 0 Å². The summed E-state index contributed by atoms with van der Waals surface area (Å²) >= 11 is 0. The number of hydrogen-bond donors (Lipinski definition) is 2. The van der Waals surface area contributed by atoms with Crippen molar-refractivity contribution in [2.45, 2.75) is 6.18 Å². The van der Waals surface area contributed by atoms with Gasteiger partial charge in [-0.2, -0.15) is 13.2 Å².